The lowest BCUT2D eigenvalue weighted by molar-refractivity contribution is -0.240. The van der Waals surface area contributed by atoms with Crippen LogP contribution in [0.1, 0.15) is 53.4 Å². The van der Waals surface area contributed by atoms with E-state index < -0.39 is 44.5 Å². The molecule has 0 aromatic rings. The van der Waals surface area contributed by atoms with E-state index in [1.165, 1.54) is 17.1 Å². The minimum atomic E-state index is -2.00. The Morgan fingerprint density at radius 3 is 2.61 bits per heavy atom. The number of allylic oxidation sites excluding steroid dienone is 4. The summed E-state index contributed by atoms with van der Waals surface area (Å²) < 4.78 is 29.2. The van der Waals surface area contributed by atoms with E-state index >= 15 is 4.39 Å². The number of fused-ring (bicyclic) bond motifs is 5. The molecule has 0 aromatic heterocycles. The van der Waals surface area contributed by atoms with Gasteiger partial charge in [-0.1, -0.05) is 25.5 Å². The zero-order valence-electron chi connectivity index (χ0n) is 22.0. The average Bonchev–Trinajstić information content (AvgIpc) is 3.02. The van der Waals surface area contributed by atoms with Gasteiger partial charge in [-0.3, -0.25) is 14.4 Å². The number of amides is 1. The van der Waals surface area contributed by atoms with Crippen LogP contribution in [0.2, 0.25) is 0 Å². The predicted octanol–water partition coefficient (Wildman–Crippen LogP) is 4.29. The van der Waals surface area contributed by atoms with Crippen LogP contribution in [0.15, 0.2) is 23.8 Å². The molecule has 9 heteroatoms. The number of nitrogens with zero attached hydrogens (tertiary/aromatic N) is 1. The highest BCUT2D eigenvalue weighted by Gasteiger charge is 2.76. The van der Waals surface area contributed by atoms with Crippen molar-refractivity contribution in [1.82, 2.24) is 4.90 Å². The Hall–Kier alpha value is -1.55. The zero-order chi connectivity index (χ0) is 26.7. The SMILES string of the molecule is CCOCO[C@]1(C(=O)SC(=O)N(C)C)[C@H](C)CC2C3CCC4=CC(=O)C=C[C@]4(C)[C@@]3(F)[C@@H](O)C[C@@]21C. The molecular formula is C27H38FNO6S. The number of halogens is 1. The van der Waals surface area contributed by atoms with Gasteiger partial charge in [-0.25, -0.2) is 4.39 Å². The highest BCUT2D eigenvalue weighted by molar-refractivity contribution is 8.26. The molecule has 0 bridgehead atoms. The predicted molar refractivity (Wildman–Crippen MR) is 135 cm³/mol. The van der Waals surface area contributed by atoms with Crippen LogP contribution in [0.25, 0.3) is 0 Å². The van der Waals surface area contributed by atoms with Crippen LogP contribution in [0.4, 0.5) is 9.18 Å². The Morgan fingerprint density at radius 1 is 1.28 bits per heavy atom. The van der Waals surface area contributed by atoms with E-state index in [4.69, 9.17) is 9.47 Å². The largest absolute Gasteiger partial charge is 0.390 e. The number of alkyl halides is 1. The van der Waals surface area contributed by atoms with Crippen LogP contribution in [0.5, 0.6) is 0 Å². The fraction of sp³-hybridized carbons (Fsp3) is 0.741. The van der Waals surface area contributed by atoms with E-state index in [2.05, 4.69) is 0 Å². The van der Waals surface area contributed by atoms with Crippen molar-refractivity contribution in [2.45, 2.75) is 70.8 Å². The number of hydrogen-bond acceptors (Lipinski definition) is 7. The van der Waals surface area contributed by atoms with Crippen molar-refractivity contribution in [2.24, 2.45) is 28.6 Å². The normalized spacial score (nSPS) is 43.3. The van der Waals surface area contributed by atoms with Crippen molar-refractivity contribution in [1.29, 1.82) is 0 Å². The van der Waals surface area contributed by atoms with Crippen molar-refractivity contribution in [2.75, 3.05) is 27.5 Å². The van der Waals surface area contributed by atoms with E-state index in [0.717, 1.165) is 0 Å². The van der Waals surface area contributed by atoms with Crippen molar-refractivity contribution in [3.8, 4) is 0 Å². The molecule has 1 amide bonds. The zero-order valence-corrected chi connectivity index (χ0v) is 22.8. The van der Waals surface area contributed by atoms with Gasteiger partial charge < -0.3 is 19.5 Å². The summed E-state index contributed by atoms with van der Waals surface area (Å²) in [6.45, 7) is 7.66. The first kappa shape index (κ1) is 27.5. The molecule has 0 heterocycles. The lowest BCUT2D eigenvalue weighted by Crippen LogP contribution is -2.69. The van der Waals surface area contributed by atoms with E-state index in [0.29, 0.717) is 43.2 Å². The Kier molecular flexibility index (Phi) is 7.12. The number of rotatable bonds is 5. The first-order valence-electron chi connectivity index (χ1n) is 12.8. The summed E-state index contributed by atoms with van der Waals surface area (Å²) in [6, 6.07) is 0. The highest BCUT2D eigenvalue weighted by atomic mass is 32.2. The summed E-state index contributed by atoms with van der Waals surface area (Å²) >= 11 is 0.602. The first-order valence-corrected chi connectivity index (χ1v) is 13.6. The summed E-state index contributed by atoms with van der Waals surface area (Å²) in [4.78, 5) is 39.9. The number of thioether (sulfide) groups is 1. The Bertz CT molecular complexity index is 1010. The van der Waals surface area contributed by atoms with E-state index in [1.807, 2.05) is 20.8 Å². The molecule has 4 rings (SSSR count). The van der Waals surface area contributed by atoms with Gasteiger partial charge in [-0.15, -0.1) is 0 Å². The van der Waals surface area contributed by atoms with Gasteiger partial charge in [0.05, 0.1) is 6.10 Å². The lowest BCUT2D eigenvalue weighted by Gasteiger charge is -2.63. The Morgan fingerprint density at radius 2 is 1.97 bits per heavy atom. The number of hydrogen-bond donors (Lipinski definition) is 1. The fourth-order valence-corrected chi connectivity index (χ4v) is 8.78. The van der Waals surface area contributed by atoms with Gasteiger partial charge in [-0.2, -0.15) is 0 Å². The standard InChI is InChI=1S/C27H38FNO6S/c1-7-34-15-35-27(22(32)36-23(33)29(5)6)16(2)12-20-19-9-8-17-13-18(30)10-11-24(17,3)26(19,28)21(31)14-25(20,27)4/h10-11,13,16,19-21,31H,7-9,12,14-15H2,1-6H3/t16-,19?,20?,21+,24+,25+,26+,27+/m1/s1. The van der Waals surface area contributed by atoms with Crippen LogP contribution in [-0.4, -0.2) is 71.0 Å². The number of ether oxygens (including phenoxy) is 2. The maximum Gasteiger partial charge on any atom is 0.288 e. The van der Waals surface area contributed by atoms with Gasteiger partial charge >= 0.3 is 0 Å². The van der Waals surface area contributed by atoms with Crippen LogP contribution >= 0.6 is 11.8 Å². The number of ketones is 1. The molecule has 36 heavy (non-hydrogen) atoms. The van der Waals surface area contributed by atoms with Gasteiger partial charge in [0.1, 0.15) is 12.4 Å². The molecular weight excluding hydrogens is 485 g/mol. The smallest absolute Gasteiger partial charge is 0.288 e. The molecule has 0 saturated heterocycles. The van der Waals surface area contributed by atoms with Crippen LogP contribution < -0.4 is 0 Å². The van der Waals surface area contributed by atoms with Crippen molar-refractivity contribution in [3.05, 3.63) is 23.8 Å². The molecule has 4 aliphatic rings. The van der Waals surface area contributed by atoms with Crippen molar-refractivity contribution in [3.63, 3.8) is 0 Å². The summed E-state index contributed by atoms with van der Waals surface area (Å²) in [7, 11) is 3.16. The molecule has 4 aliphatic carbocycles. The number of aliphatic hydroxyl groups excluding tert-OH is 1. The molecule has 0 spiro atoms. The molecule has 0 radical (unpaired) electrons. The average molecular weight is 524 g/mol. The van der Waals surface area contributed by atoms with Crippen LogP contribution in [0.3, 0.4) is 0 Å². The van der Waals surface area contributed by atoms with E-state index in [1.54, 1.807) is 27.1 Å². The second-order valence-electron chi connectivity index (χ2n) is 11.4. The molecule has 8 atom stereocenters. The van der Waals surface area contributed by atoms with E-state index in [-0.39, 0.29) is 30.8 Å². The van der Waals surface area contributed by atoms with Gasteiger partial charge in [0.15, 0.2) is 11.5 Å². The van der Waals surface area contributed by atoms with Gasteiger partial charge in [0.25, 0.3) is 5.24 Å². The van der Waals surface area contributed by atoms with Gasteiger partial charge in [-0.05, 0) is 63.5 Å². The minimum Gasteiger partial charge on any atom is -0.390 e. The molecule has 2 unspecified atom stereocenters. The topological polar surface area (TPSA) is 93.1 Å². The number of aliphatic hydroxyl groups is 1. The molecule has 200 valence electrons. The third-order valence-electron chi connectivity index (χ3n) is 9.60. The minimum absolute atomic E-state index is 0.00571. The van der Waals surface area contributed by atoms with Crippen molar-refractivity contribution < 1.29 is 33.4 Å². The monoisotopic (exact) mass is 523 g/mol. The van der Waals surface area contributed by atoms with E-state index in [9.17, 15) is 19.5 Å². The first-order chi connectivity index (χ1) is 16.8. The quantitative estimate of drug-likeness (QED) is 0.424. The number of carbonyl (C=O) groups excluding carboxylic acids is 3. The third kappa shape index (κ3) is 3.60. The molecule has 3 saturated carbocycles. The molecule has 3 fully saturated rings. The lowest BCUT2D eigenvalue weighted by atomic mass is 9.45. The molecule has 7 nitrogen and oxygen atoms in total. The van der Waals surface area contributed by atoms with Crippen LogP contribution in [-0.2, 0) is 19.1 Å². The maximum absolute atomic E-state index is 17.4. The van der Waals surface area contributed by atoms with Crippen LogP contribution in [0, 0.1) is 28.6 Å². The second kappa shape index (κ2) is 9.33. The van der Waals surface area contributed by atoms with Gasteiger partial charge in [0, 0.05) is 49.2 Å². The third-order valence-corrected chi connectivity index (χ3v) is 10.6. The molecule has 0 aromatic carbocycles. The summed E-state index contributed by atoms with van der Waals surface area (Å²) in [6.07, 6.45) is 4.66. The Balaban J connectivity index is 1.79. The highest BCUT2D eigenvalue weighted by Crippen LogP contribution is 2.71. The summed E-state index contributed by atoms with van der Waals surface area (Å²) in [5.74, 6) is -1.31. The number of carbonyl (C=O) groups is 3. The molecule has 1 N–H and O–H groups in total. The second-order valence-corrected chi connectivity index (χ2v) is 12.4. The fourth-order valence-electron chi connectivity index (χ4n) is 7.80. The summed E-state index contributed by atoms with van der Waals surface area (Å²) in [5.41, 5.74) is -4.74. The maximum atomic E-state index is 17.4. The van der Waals surface area contributed by atoms with Crippen molar-refractivity contribution >= 4 is 27.9 Å². The molecule has 0 aliphatic heterocycles. The summed E-state index contributed by atoms with van der Waals surface area (Å²) in [5, 5.41) is 10.7. The Labute approximate surface area is 216 Å². The van der Waals surface area contributed by atoms with Gasteiger partial charge in [0.2, 0.25) is 5.12 Å².